The molecular weight excluding hydrogens is 371 g/mol. The molecule has 0 saturated carbocycles. The van der Waals surface area contributed by atoms with Crippen LogP contribution in [-0.2, 0) is 23.2 Å². The van der Waals surface area contributed by atoms with Gasteiger partial charge in [0, 0.05) is 7.05 Å². The number of carbonyl (C=O) groups is 2. The lowest BCUT2D eigenvalue weighted by Crippen LogP contribution is -2.48. The summed E-state index contributed by atoms with van der Waals surface area (Å²) >= 11 is 0. The number of aryl methyl sites for hydroxylation is 1. The minimum atomic E-state index is -0.943. The average molecular weight is 388 g/mol. The van der Waals surface area contributed by atoms with E-state index in [1.54, 1.807) is 7.05 Å². The van der Waals surface area contributed by atoms with Gasteiger partial charge in [-0.25, -0.2) is 9.37 Å². The Labute approximate surface area is 157 Å². The smallest absolute Gasteiger partial charge is 0.279 e. The highest BCUT2D eigenvalue weighted by Gasteiger charge is 2.16. The second-order valence-corrected chi connectivity index (χ2v) is 5.93. The van der Waals surface area contributed by atoms with Gasteiger partial charge in [0.1, 0.15) is 29.8 Å². The first kappa shape index (κ1) is 19.0. The molecule has 3 rings (SSSR count). The van der Waals surface area contributed by atoms with Gasteiger partial charge in [-0.2, -0.15) is 5.10 Å². The van der Waals surface area contributed by atoms with Gasteiger partial charge < -0.3 is 4.74 Å². The number of hydrogen-bond acceptors (Lipinski definition) is 6. The molecule has 0 spiro atoms. The van der Waals surface area contributed by atoms with Gasteiger partial charge >= 0.3 is 0 Å². The highest BCUT2D eigenvalue weighted by Crippen LogP contribution is 2.12. The van der Waals surface area contributed by atoms with Crippen LogP contribution in [-0.4, -0.2) is 37.2 Å². The predicted octanol–water partition coefficient (Wildman–Crippen LogP) is -0.116. The molecule has 0 aliphatic heterocycles. The second-order valence-electron chi connectivity index (χ2n) is 5.93. The number of fused-ring (bicyclic) bond motifs is 1. The Bertz CT molecular complexity index is 1080. The van der Waals surface area contributed by atoms with Gasteiger partial charge in [-0.3, -0.25) is 34.5 Å². The third kappa shape index (κ3) is 4.14. The molecule has 1 aromatic carbocycles. The van der Waals surface area contributed by atoms with Crippen molar-refractivity contribution in [3.8, 4) is 5.75 Å². The first-order chi connectivity index (χ1) is 13.3. The third-order valence-corrected chi connectivity index (χ3v) is 3.85. The van der Waals surface area contributed by atoms with E-state index in [-0.39, 0.29) is 11.9 Å². The van der Waals surface area contributed by atoms with E-state index in [1.807, 2.05) is 0 Å². The van der Waals surface area contributed by atoms with Crippen molar-refractivity contribution in [3.05, 3.63) is 53.0 Å². The molecule has 0 radical (unpaired) electrons. The Morgan fingerprint density at radius 3 is 2.68 bits per heavy atom. The summed E-state index contributed by atoms with van der Waals surface area (Å²) in [5.41, 5.74) is 4.39. The molecule has 2 N–H and O–H groups in total. The van der Waals surface area contributed by atoms with Gasteiger partial charge in [0.15, 0.2) is 11.8 Å². The first-order valence-electron chi connectivity index (χ1n) is 8.23. The molecule has 2 aromatic heterocycles. The fourth-order valence-electron chi connectivity index (χ4n) is 2.38. The van der Waals surface area contributed by atoms with E-state index in [4.69, 9.17) is 4.74 Å². The number of benzene rings is 1. The molecular formula is C17H17FN6O4. The highest BCUT2D eigenvalue weighted by molar-refractivity contribution is 5.84. The molecule has 2 amide bonds. The summed E-state index contributed by atoms with van der Waals surface area (Å²) in [6, 6.07) is 5.16. The van der Waals surface area contributed by atoms with Crippen LogP contribution in [0.3, 0.4) is 0 Å². The molecule has 11 heteroatoms. The number of hydrogen-bond donors (Lipinski definition) is 2. The van der Waals surface area contributed by atoms with Crippen molar-refractivity contribution in [2.45, 2.75) is 19.6 Å². The molecule has 2 heterocycles. The number of nitrogens with zero attached hydrogens (tertiary/aromatic N) is 4. The van der Waals surface area contributed by atoms with Gasteiger partial charge in [-0.1, -0.05) is 0 Å². The standard InChI is InChI=1S/C17H17FN6O4/c1-10(28-12-5-3-11(18)4-6-12)16(26)22-21-14(25)8-24-9-19-15-13(17(24)27)7-20-23(15)2/h3-7,9-10H,8H2,1-2H3,(H,21,25)(H,22,26)/t10-/m1/s1. The third-order valence-electron chi connectivity index (χ3n) is 3.85. The maximum Gasteiger partial charge on any atom is 0.279 e. The Morgan fingerprint density at radius 1 is 1.25 bits per heavy atom. The van der Waals surface area contributed by atoms with Crippen molar-refractivity contribution >= 4 is 22.8 Å². The molecule has 28 heavy (non-hydrogen) atoms. The molecule has 0 aliphatic rings. The van der Waals surface area contributed by atoms with E-state index in [2.05, 4.69) is 20.9 Å². The fraction of sp³-hybridized carbons (Fsp3) is 0.235. The summed E-state index contributed by atoms with van der Waals surface area (Å²) in [5.74, 6) is -1.37. The number of amides is 2. The van der Waals surface area contributed by atoms with Crippen molar-refractivity contribution in [3.63, 3.8) is 0 Å². The molecule has 0 bridgehead atoms. The number of aromatic nitrogens is 4. The molecule has 146 valence electrons. The summed E-state index contributed by atoms with van der Waals surface area (Å²) in [5, 5.41) is 4.22. The normalized spacial score (nSPS) is 11.8. The van der Waals surface area contributed by atoms with Gasteiger partial charge in [-0.15, -0.1) is 0 Å². The van der Waals surface area contributed by atoms with Crippen LogP contribution < -0.4 is 21.1 Å². The minimum absolute atomic E-state index is 0.281. The lowest BCUT2D eigenvalue weighted by atomic mass is 10.3. The molecule has 0 saturated heterocycles. The molecule has 1 atom stereocenters. The van der Waals surface area contributed by atoms with Crippen LogP contribution in [0.1, 0.15) is 6.92 Å². The van der Waals surface area contributed by atoms with Crippen LogP contribution in [0.4, 0.5) is 4.39 Å². The summed E-state index contributed by atoms with van der Waals surface area (Å²) in [4.78, 5) is 40.4. The van der Waals surface area contributed by atoms with E-state index in [9.17, 15) is 18.8 Å². The zero-order valence-electron chi connectivity index (χ0n) is 15.0. The zero-order valence-corrected chi connectivity index (χ0v) is 15.0. The summed E-state index contributed by atoms with van der Waals surface area (Å²) in [7, 11) is 1.65. The van der Waals surface area contributed by atoms with Gasteiger partial charge in [0.25, 0.3) is 17.4 Å². The maximum atomic E-state index is 12.9. The second kappa shape index (κ2) is 7.86. The summed E-state index contributed by atoms with van der Waals surface area (Å²) < 4.78 is 20.8. The Kier molecular flexibility index (Phi) is 5.34. The fourth-order valence-corrected chi connectivity index (χ4v) is 2.38. The zero-order chi connectivity index (χ0) is 20.3. The number of carbonyl (C=O) groups excluding carboxylic acids is 2. The topological polar surface area (TPSA) is 120 Å². The number of ether oxygens (including phenoxy) is 1. The molecule has 3 aromatic rings. The maximum absolute atomic E-state index is 12.9. The number of nitrogens with one attached hydrogen (secondary N) is 2. The van der Waals surface area contributed by atoms with Crippen LogP contribution in [0.2, 0.25) is 0 Å². The van der Waals surface area contributed by atoms with Crippen LogP contribution in [0, 0.1) is 5.82 Å². The first-order valence-corrected chi connectivity index (χ1v) is 8.23. The van der Waals surface area contributed by atoms with Crippen LogP contribution >= 0.6 is 0 Å². The van der Waals surface area contributed by atoms with Crippen LogP contribution in [0.15, 0.2) is 41.6 Å². The van der Waals surface area contributed by atoms with Crippen molar-refractivity contribution < 1.29 is 18.7 Å². The van der Waals surface area contributed by atoms with Crippen molar-refractivity contribution in [1.82, 2.24) is 30.2 Å². The SMILES string of the molecule is C[C@@H](Oc1ccc(F)cc1)C(=O)NNC(=O)Cn1cnc2c(cnn2C)c1=O. The van der Waals surface area contributed by atoms with Gasteiger partial charge in [-0.05, 0) is 31.2 Å². The molecule has 0 aliphatic carbocycles. The van der Waals surface area contributed by atoms with Crippen LogP contribution in [0.25, 0.3) is 11.0 Å². The Morgan fingerprint density at radius 2 is 1.96 bits per heavy atom. The molecule has 0 unspecified atom stereocenters. The van der Waals surface area contributed by atoms with Crippen molar-refractivity contribution in [2.75, 3.05) is 0 Å². The number of halogens is 1. The van der Waals surface area contributed by atoms with Crippen LogP contribution in [0.5, 0.6) is 5.75 Å². The number of rotatable bonds is 5. The Balaban J connectivity index is 1.55. The quantitative estimate of drug-likeness (QED) is 0.588. The van der Waals surface area contributed by atoms with E-state index < -0.39 is 29.3 Å². The minimum Gasteiger partial charge on any atom is -0.481 e. The van der Waals surface area contributed by atoms with E-state index in [1.165, 1.54) is 48.4 Å². The van der Waals surface area contributed by atoms with Gasteiger partial charge in [0.05, 0.1) is 6.20 Å². The summed E-state index contributed by atoms with van der Waals surface area (Å²) in [6.07, 6.45) is 1.66. The van der Waals surface area contributed by atoms with Crippen molar-refractivity contribution in [2.24, 2.45) is 7.05 Å². The van der Waals surface area contributed by atoms with E-state index >= 15 is 0 Å². The van der Waals surface area contributed by atoms with Gasteiger partial charge in [0.2, 0.25) is 0 Å². The average Bonchev–Trinajstić information content (AvgIpc) is 3.05. The molecule has 0 fully saturated rings. The van der Waals surface area contributed by atoms with E-state index in [0.717, 1.165) is 4.57 Å². The summed E-state index contributed by atoms with van der Waals surface area (Å²) in [6.45, 7) is 1.12. The van der Waals surface area contributed by atoms with Crippen molar-refractivity contribution in [1.29, 1.82) is 0 Å². The largest absolute Gasteiger partial charge is 0.481 e. The monoisotopic (exact) mass is 388 g/mol. The Hall–Kier alpha value is -3.76. The molecule has 10 nitrogen and oxygen atoms in total. The van der Waals surface area contributed by atoms with E-state index in [0.29, 0.717) is 11.4 Å². The predicted molar refractivity (Wildman–Crippen MR) is 95.5 cm³/mol. The highest BCUT2D eigenvalue weighted by atomic mass is 19.1. The number of hydrazine groups is 1. The lowest BCUT2D eigenvalue weighted by Gasteiger charge is -2.15. The lowest BCUT2D eigenvalue weighted by molar-refractivity contribution is -0.133.